The SMILES string of the molecule is Cc1nc(C2C=NCC2)c2[nH]c(-c3cccc(Cl)c3)cc2n1. The molecule has 3 heterocycles. The molecule has 0 bridgehead atoms. The lowest BCUT2D eigenvalue weighted by atomic mass is 10.0. The minimum Gasteiger partial charge on any atom is -0.352 e. The third-order valence-corrected chi connectivity index (χ3v) is 4.19. The van der Waals surface area contributed by atoms with Crippen LogP contribution in [0, 0.1) is 6.92 Å². The van der Waals surface area contributed by atoms with Crippen molar-refractivity contribution in [3.05, 3.63) is 46.9 Å². The minimum atomic E-state index is 0.273. The molecule has 0 aliphatic carbocycles. The van der Waals surface area contributed by atoms with Gasteiger partial charge in [0.1, 0.15) is 5.82 Å². The van der Waals surface area contributed by atoms with Gasteiger partial charge in [-0.3, -0.25) is 4.99 Å². The Morgan fingerprint density at radius 1 is 1.23 bits per heavy atom. The second-order valence-corrected chi connectivity index (χ2v) is 6.00. The summed E-state index contributed by atoms with van der Waals surface area (Å²) < 4.78 is 0. The van der Waals surface area contributed by atoms with Crippen LogP contribution in [0.3, 0.4) is 0 Å². The van der Waals surface area contributed by atoms with Gasteiger partial charge in [0.05, 0.1) is 16.7 Å². The van der Waals surface area contributed by atoms with E-state index in [1.165, 1.54) is 0 Å². The standard InChI is InChI=1S/C17H15ClN4/c1-10-20-15-8-14(11-3-2-4-13(18)7-11)22-17(15)16(21-10)12-5-6-19-9-12/h2-4,7-9,12,22H,5-6H2,1H3. The number of halogens is 1. The highest BCUT2D eigenvalue weighted by Gasteiger charge is 2.20. The van der Waals surface area contributed by atoms with Gasteiger partial charge in [0.15, 0.2) is 0 Å². The number of rotatable bonds is 2. The molecular formula is C17H15ClN4. The second-order valence-electron chi connectivity index (χ2n) is 5.56. The van der Waals surface area contributed by atoms with Crippen molar-refractivity contribution in [2.45, 2.75) is 19.3 Å². The van der Waals surface area contributed by atoms with Crippen molar-refractivity contribution in [3.63, 3.8) is 0 Å². The van der Waals surface area contributed by atoms with E-state index < -0.39 is 0 Å². The molecule has 1 atom stereocenters. The van der Waals surface area contributed by atoms with Gasteiger partial charge in [-0.15, -0.1) is 0 Å². The molecule has 0 amide bonds. The fourth-order valence-corrected chi connectivity index (χ4v) is 3.12. The molecule has 2 aromatic heterocycles. The van der Waals surface area contributed by atoms with Gasteiger partial charge in [0.25, 0.3) is 0 Å². The van der Waals surface area contributed by atoms with Crippen molar-refractivity contribution in [2.24, 2.45) is 4.99 Å². The van der Waals surface area contributed by atoms with Gasteiger partial charge in [-0.2, -0.15) is 0 Å². The van der Waals surface area contributed by atoms with Crippen molar-refractivity contribution >= 4 is 28.8 Å². The topological polar surface area (TPSA) is 53.9 Å². The summed E-state index contributed by atoms with van der Waals surface area (Å²) in [6.45, 7) is 2.80. The van der Waals surface area contributed by atoms with Gasteiger partial charge in [-0.25, -0.2) is 9.97 Å². The van der Waals surface area contributed by atoms with E-state index in [9.17, 15) is 0 Å². The zero-order chi connectivity index (χ0) is 15.1. The summed E-state index contributed by atoms with van der Waals surface area (Å²) in [6.07, 6.45) is 3.01. The van der Waals surface area contributed by atoms with Crippen LogP contribution in [-0.2, 0) is 0 Å². The molecule has 1 N–H and O–H groups in total. The van der Waals surface area contributed by atoms with Gasteiger partial charge < -0.3 is 4.98 Å². The lowest BCUT2D eigenvalue weighted by Gasteiger charge is -2.07. The number of aromatic amines is 1. The molecule has 0 saturated carbocycles. The molecule has 22 heavy (non-hydrogen) atoms. The summed E-state index contributed by atoms with van der Waals surface area (Å²) in [5.74, 6) is 1.06. The van der Waals surface area contributed by atoms with E-state index in [-0.39, 0.29) is 5.92 Å². The number of aliphatic imine (C=N–C) groups is 1. The van der Waals surface area contributed by atoms with Crippen molar-refractivity contribution in [1.82, 2.24) is 15.0 Å². The van der Waals surface area contributed by atoms with Crippen molar-refractivity contribution in [1.29, 1.82) is 0 Å². The first-order chi connectivity index (χ1) is 10.7. The maximum atomic E-state index is 6.09. The molecule has 110 valence electrons. The van der Waals surface area contributed by atoms with Gasteiger partial charge >= 0.3 is 0 Å². The van der Waals surface area contributed by atoms with Gasteiger partial charge in [-0.05, 0) is 37.1 Å². The molecule has 1 aromatic carbocycles. The molecule has 3 aromatic rings. The number of nitrogens with zero attached hydrogens (tertiary/aromatic N) is 3. The maximum Gasteiger partial charge on any atom is 0.126 e. The van der Waals surface area contributed by atoms with Crippen molar-refractivity contribution in [3.8, 4) is 11.3 Å². The summed E-state index contributed by atoms with van der Waals surface area (Å²) in [4.78, 5) is 17.0. The van der Waals surface area contributed by atoms with Gasteiger partial charge in [0, 0.05) is 29.4 Å². The Morgan fingerprint density at radius 3 is 2.91 bits per heavy atom. The monoisotopic (exact) mass is 310 g/mol. The lowest BCUT2D eigenvalue weighted by molar-refractivity contribution is 0.814. The normalized spacial score (nSPS) is 17.5. The summed E-state index contributed by atoms with van der Waals surface area (Å²) in [5, 5.41) is 0.724. The zero-order valence-electron chi connectivity index (χ0n) is 12.2. The van der Waals surface area contributed by atoms with Gasteiger partial charge in [-0.1, -0.05) is 23.7 Å². The number of nitrogens with one attached hydrogen (secondary N) is 1. The first kappa shape index (κ1) is 13.5. The van der Waals surface area contributed by atoms with E-state index in [2.05, 4.69) is 26.0 Å². The van der Waals surface area contributed by atoms with Crippen LogP contribution in [0.25, 0.3) is 22.3 Å². The number of benzene rings is 1. The lowest BCUT2D eigenvalue weighted by Crippen LogP contribution is -2.03. The first-order valence-corrected chi connectivity index (χ1v) is 7.71. The fraction of sp³-hybridized carbons (Fsp3) is 0.235. The highest BCUT2D eigenvalue weighted by Crippen LogP contribution is 2.30. The molecule has 0 fully saturated rings. The fourth-order valence-electron chi connectivity index (χ4n) is 2.93. The summed E-state index contributed by atoms with van der Waals surface area (Å²) in [6, 6.07) is 9.87. The molecule has 1 aliphatic rings. The van der Waals surface area contributed by atoms with E-state index in [1.54, 1.807) is 0 Å². The molecule has 0 radical (unpaired) electrons. The van der Waals surface area contributed by atoms with E-state index in [4.69, 9.17) is 11.6 Å². The highest BCUT2D eigenvalue weighted by atomic mass is 35.5. The third-order valence-electron chi connectivity index (χ3n) is 3.96. The largest absolute Gasteiger partial charge is 0.352 e. The summed E-state index contributed by atoms with van der Waals surface area (Å²) in [5.41, 5.74) is 5.04. The number of fused-ring (bicyclic) bond motifs is 1. The summed E-state index contributed by atoms with van der Waals surface area (Å²) >= 11 is 6.09. The quantitative estimate of drug-likeness (QED) is 0.773. The molecular weight excluding hydrogens is 296 g/mol. The number of H-pyrrole nitrogens is 1. The number of aromatic nitrogens is 3. The average Bonchev–Trinajstić information content (AvgIpc) is 3.15. The average molecular weight is 311 g/mol. The Balaban J connectivity index is 1.90. The Hall–Kier alpha value is -2.20. The van der Waals surface area contributed by atoms with Crippen LogP contribution in [-0.4, -0.2) is 27.7 Å². The first-order valence-electron chi connectivity index (χ1n) is 7.34. The molecule has 5 heteroatoms. The summed E-state index contributed by atoms with van der Waals surface area (Å²) in [7, 11) is 0. The van der Waals surface area contributed by atoms with Crippen LogP contribution in [0.15, 0.2) is 35.3 Å². The van der Waals surface area contributed by atoms with E-state index >= 15 is 0 Å². The van der Waals surface area contributed by atoms with Crippen LogP contribution < -0.4 is 0 Å². The van der Waals surface area contributed by atoms with E-state index in [0.29, 0.717) is 0 Å². The predicted octanol–water partition coefficient (Wildman–Crippen LogP) is 4.14. The number of aryl methyl sites for hydroxylation is 1. The van der Waals surface area contributed by atoms with E-state index in [0.717, 1.165) is 51.8 Å². The van der Waals surface area contributed by atoms with Crippen molar-refractivity contribution < 1.29 is 0 Å². The van der Waals surface area contributed by atoms with Crippen LogP contribution in [0.5, 0.6) is 0 Å². The number of hydrogen-bond acceptors (Lipinski definition) is 3. The molecule has 1 unspecified atom stereocenters. The molecule has 4 nitrogen and oxygen atoms in total. The number of hydrogen-bond donors (Lipinski definition) is 1. The minimum absolute atomic E-state index is 0.273. The maximum absolute atomic E-state index is 6.09. The second kappa shape index (κ2) is 5.21. The van der Waals surface area contributed by atoms with Crippen LogP contribution in [0.4, 0.5) is 0 Å². The Labute approximate surface area is 133 Å². The Bertz CT molecular complexity index is 881. The molecule has 1 aliphatic heterocycles. The van der Waals surface area contributed by atoms with Gasteiger partial charge in [0.2, 0.25) is 0 Å². The van der Waals surface area contributed by atoms with Crippen LogP contribution in [0.2, 0.25) is 5.02 Å². The van der Waals surface area contributed by atoms with Crippen molar-refractivity contribution in [2.75, 3.05) is 6.54 Å². The molecule has 4 rings (SSSR count). The smallest absolute Gasteiger partial charge is 0.126 e. The third kappa shape index (κ3) is 2.29. The highest BCUT2D eigenvalue weighted by molar-refractivity contribution is 6.30. The molecule has 0 saturated heterocycles. The Kier molecular flexibility index (Phi) is 3.19. The zero-order valence-corrected chi connectivity index (χ0v) is 12.9. The van der Waals surface area contributed by atoms with E-state index in [1.807, 2.05) is 37.4 Å². The Morgan fingerprint density at radius 2 is 2.14 bits per heavy atom. The van der Waals surface area contributed by atoms with Crippen LogP contribution >= 0.6 is 11.6 Å². The van der Waals surface area contributed by atoms with Crippen LogP contribution in [0.1, 0.15) is 23.9 Å². The molecule has 0 spiro atoms. The predicted molar refractivity (Wildman–Crippen MR) is 89.8 cm³/mol.